The van der Waals surface area contributed by atoms with Gasteiger partial charge in [0.25, 0.3) is 0 Å². The molecule has 0 saturated carbocycles. The molecule has 14 heavy (non-hydrogen) atoms. The summed E-state index contributed by atoms with van der Waals surface area (Å²) in [5, 5.41) is 10.2. The first-order valence-corrected chi connectivity index (χ1v) is 4.25. The van der Waals surface area contributed by atoms with Crippen LogP contribution >= 0.6 is 23.2 Å². The van der Waals surface area contributed by atoms with E-state index in [2.05, 4.69) is 5.32 Å². The number of amides is 1. The fourth-order valence-electron chi connectivity index (χ4n) is 0.880. The maximum absolute atomic E-state index is 10.6. The van der Waals surface area contributed by atoms with Gasteiger partial charge in [0.1, 0.15) is 0 Å². The Morgan fingerprint density at radius 1 is 1.36 bits per heavy atom. The number of carbonyl (C=O) groups is 2. The van der Waals surface area contributed by atoms with Crippen LogP contribution in [0.1, 0.15) is 10.4 Å². The number of halogens is 2. The molecular weight excluding hydrogens is 229 g/mol. The van der Waals surface area contributed by atoms with E-state index in [0.29, 0.717) is 5.69 Å². The van der Waals surface area contributed by atoms with E-state index in [1.54, 1.807) is 0 Å². The Balaban J connectivity index is 3.00. The standard InChI is InChI=1S/C8H5Cl2NO3/c9-6-3-4(11-8(10)14)1-2-5(6)7(12)13/h1-3H,(H,11,14)(H,12,13). The average molecular weight is 234 g/mol. The number of anilines is 1. The molecule has 0 atom stereocenters. The highest BCUT2D eigenvalue weighted by Gasteiger charge is 2.09. The van der Waals surface area contributed by atoms with Gasteiger partial charge in [-0.15, -0.1) is 0 Å². The summed E-state index contributed by atoms with van der Waals surface area (Å²) in [5.41, 5.74) is 0.319. The van der Waals surface area contributed by atoms with Gasteiger partial charge >= 0.3 is 11.3 Å². The van der Waals surface area contributed by atoms with Gasteiger partial charge in [0.2, 0.25) is 0 Å². The zero-order valence-electron chi connectivity index (χ0n) is 6.75. The molecule has 0 radical (unpaired) electrons. The summed E-state index contributed by atoms with van der Waals surface area (Å²) in [6.07, 6.45) is 0. The maximum Gasteiger partial charge on any atom is 0.337 e. The SMILES string of the molecule is O=C(Cl)Nc1ccc(C(=O)O)c(Cl)c1. The van der Waals surface area contributed by atoms with E-state index in [1.807, 2.05) is 0 Å². The van der Waals surface area contributed by atoms with E-state index in [-0.39, 0.29) is 10.6 Å². The summed E-state index contributed by atoms with van der Waals surface area (Å²) in [5.74, 6) is -1.13. The fraction of sp³-hybridized carbons (Fsp3) is 0. The molecular formula is C8H5Cl2NO3. The Morgan fingerprint density at radius 2 is 2.00 bits per heavy atom. The third-order valence-corrected chi connectivity index (χ3v) is 1.85. The molecule has 0 spiro atoms. The largest absolute Gasteiger partial charge is 0.478 e. The van der Waals surface area contributed by atoms with Crippen molar-refractivity contribution < 1.29 is 14.7 Å². The molecule has 2 N–H and O–H groups in total. The number of carbonyl (C=O) groups excluding carboxylic acids is 1. The molecule has 0 heterocycles. The topological polar surface area (TPSA) is 66.4 Å². The summed E-state index contributed by atoms with van der Waals surface area (Å²) in [6, 6.07) is 3.99. The van der Waals surface area contributed by atoms with Crippen molar-refractivity contribution >= 4 is 40.2 Å². The van der Waals surface area contributed by atoms with Gasteiger partial charge in [0.05, 0.1) is 10.6 Å². The third kappa shape index (κ3) is 2.61. The van der Waals surface area contributed by atoms with Crippen molar-refractivity contribution in [3.05, 3.63) is 28.8 Å². The van der Waals surface area contributed by atoms with E-state index < -0.39 is 11.3 Å². The Hall–Kier alpha value is -1.26. The Bertz CT molecular complexity index is 392. The summed E-state index contributed by atoms with van der Waals surface area (Å²) < 4.78 is 0. The van der Waals surface area contributed by atoms with Gasteiger partial charge in [-0.3, -0.25) is 4.79 Å². The number of rotatable bonds is 2. The van der Waals surface area contributed by atoms with Crippen LogP contribution < -0.4 is 5.32 Å². The number of hydrogen-bond donors (Lipinski definition) is 2. The van der Waals surface area contributed by atoms with Gasteiger partial charge in [-0.2, -0.15) is 0 Å². The van der Waals surface area contributed by atoms with Crippen LogP contribution in [0.3, 0.4) is 0 Å². The Kier molecular flexibility index (Phi) is 3.33. The maximum atomic E-state index is 10.6. The van der Waals surface area contributed by atoms with Gasteiger partial charge in [-0.05, 0) is 29.8 Å². The van der Waals surface area contributed by atoms with E-state index in [1.165, 1.54) is 18.2 Å². The van der Waals surface area contributed by atoms with Crippen LogP contribution in [0.5, 0.6) is 0 Å². The molecule has 0 aliphatic rings. The monoisotopic (exact) mass is 233 g/mol. The fourth-order valence-corrected chi connectivity index (χ4v) is 1.25. The van der Waals surface area contributed by atoms with Crippen molar-refractivity contribution in [1.82, 2.24) is 0 Å². The minimum absolute atomic E-state index is 0.0285. The quantitative estimate of drug-likeness (QED) is 0.610. The molecule has 4 nitrogen and oxygen atoms in total. The van der Waals surface area contributed by atoms with Gasteiger partial charge in [-0.25, -0.2) is 4.79 Å². The highest BCUT2D eigenvalue weighted by Crippen LogP contribution is 2.21. The summed E-state index contributed by atoms with van der Waals surface area (Å²) in [7, 11) is 0. The lowest BCUT2D eigenvalue weighted by molar-refractivity contribution is 0.0697. The normalized spacial score (nSPS) is 9.57. The zero-order valence-corrected chi connectivity index (χ0v) is 8.26. The van der Waals surface area contributed by atoms with Crippen LogP contribution in [0.15, 0.2) is 18.2 Å². The molecule has 1 amide bonds. The lowest BCUT2D eigenvalue weighted by Gasteiger charge is -2.03. The molecule has 0 aliphatic heterocycles. The first kappa shape index (κ1) is 10.8. The molecule has 1 aromatic carbocycles. The molecule has 1 rings (SSSR count). The lowest BCUT2D eigenvalue weighted by Crippen LogP contribution is -2.03. The Morgan fingerprint density at radius 3 is 2.43 bits per heavy atom. The number of aromatic carboxylic acids is 1. The number of hydrogen-bond acceptors (Lipinski definition) is 2. The first-order chi connectivity index (χ1) is 6.50. The molecule has 1 aromatic rings. The summed E-state index contributed by atoms with van der Waals surface area (Å²) in [6.45, 7) is 0. The molecule has 74 valence electrons. The summed E-state index contributed by atoms with van der Waals surface area (Å²) >= 11 is 10.7. The van der Waals surface area contributed by atoms with Crippen molar-refractivity contribution in [2.24, 2.45) is 0 Å². The summed E-state index contributed by atoms with van der Waals surface area (Å²) in [4.78, 5) is 21.0. The van der Waals surface area contributed by atoms with Gasteiger partial charge in [-0.1, -0.05) is 11.6 Å². The molecule has 0 unspecified atom stereocenters. The van der Waals surface area contributed by atoms with Crippen molar-refractivity contribution in [1.29, 1.82) is 0 Å². The second-order valence-electron chi connectivity index (χ2n) is 2.40. The molecule has 0 aliphatic carbocycles. The highest BCUT2D eigenvalue weighted by molar-refractivity contribution is 6.65. The molecule has 6 heteroatoms. The smallest absolute Gasteiger partial charge is 0.337 e. The minimum Gasteiger partial charge on any atom is -0.478 e. The molecule has 0 saturated heterocycles. The lowest BCUT2D eigenvalue weighted by atomic mass is 10.2. The Labute approximate surface area is 89.4 Å². The van der Waals surface area contributed by atoms with Crippen LogP contribution in [-0.4, -0.2) is 16.4 Å². The van der Waals surface area contributed by atoms with Crippen LogP contribution in [-0.2, 0) is 0 Å². The van der Waals surface area contributed by atoms with Crippen molar-refractivity contribution in [2.75, 3.05) is 5.32 Å². The third-order valence-electron chi connectivity index (χ3n) is 1.44. The van der Waals surface area contributed by atoms with Gasteiger partial charge in [0, 0.05) is 5.69 Å². The van der Waals surface area contributed by atoms with Crippen molar-refractivity contribution in [2.45, 2.75) is 0 Å². The number of carboxylic acids is 1. The predicted molar refractivity (Wildman–Crippen MR) is 53.3 cm³/mol. The van der Waals surface area contributed by atoms with E-state index in [9.17, 15) is 9.59 Å². The minimum atomic E-state index is -1.13. The van der Waals surface area contributed by atoms with E-state index >= 15 is 0 Å². The van der Waals surface area contributed by atoms with Crippen molar-refractivity contribution in [3.63, 3.8) is 0 Å². The first-order valence-electron chi connectivity index (χ1n) is 3.50. The van der Waals surface area contributed by atoms with E-state index in [4.69, 9.17) is 28.3 Å². The number of benzene rings is 1. The molecule has 0 fully saturated rings. The molecule has 0 bridgehead atoms. The van der Waals surface area contributed by atoms with Crippen LogP contribution in [0, 0.1) is 0 Å². The average Bonchev–Trinajstić information content (AvgIpc) is 2.01. The van der Waals surface area contributed by atoms with E-state index in [0.717, 1.165) is 0 Å². The van der Waals surface area contributed by atoms with Gasteiger partial charge < -0.3 is 10.4 Å². The zero-order chi connectivity index (χ0) is 10.7. The number of carboxylic acid groups (broad SMARTS) is 1. The highest BCUT2D eigenvalue weighted by atomic mass is 35.5. The second kappa shape index (κ2) is 4.30. The predicted octanol–water partition coefficient (Wildman–Crippen LogP) is 2.81. The van der Waals surface area contributed by atoms with Crippen LogP contribution in [0.2, 0.25) is 5.02 Å². The number of nitrogens with one attached hydrogen (secondary N) is 1. The molecule has 0 aromatic heterocycles. The second-order valence-corrected chi connectivity index (χ2v) is 3.15. The van der Waals surface area contributed by atoms with Crippen molar-refractivity contribution in [3.8, 4) is 0 Å². The van der Waals surface area contributed by atoms with Crippen LogP contribution in [0.4, 0.5) is 10.5 Å². The van der Waals surface area contributed by atoms with Crippen LogP contribution in [0.25, 0.3) is 0 Å². The van der Waals surface area contributed by atoms with Gasteiger partial charge in [0.15, 0.2) is 0 Å².